The number of anilines is 2. The summed E-state index contributed by atoms with van der Waals surface area (Å²) in [5.74, 6) is -0.245. The maximum Gasteiger partial charge on any atom is 0.226 e. The average Bonchev–Trinajstić information content (AvgIpc) is 2.81. The van der Waals surface area contributed by atoms with Gasteiger partial charge in [0.15, 0.2) is 0 Å². The third-order valence-electron chi connectivity index (χ3n) is 7.81. The Hall–Kier alpha value is -1.70. The summed E-state index contributed by atoms with van der Waals surface area (Å²) in [5, 5.41) is 19.8. The number of hydrogen-bond acceptors (Lipinski definition) is 5. The van der Waals surface area contributed by atoms with Gasteiger partial charge in [0.2, 0.25) is 5.91 Å². The molecule has 2 aliphatic rings. The summed E-state index contributed by atoms with van der Waals surface area (Å²) in [6.45, 7) is 9.15. The molecule has 1 saturated heterocycles. The maximum absolute atomic E-state index is 15.2. The van der Waals surface area contributed by atoms with Gasteiger partial charge in [-0.3, -0.25) is 9.69 Å². The molecule has 1 aliphatic carbocycles. The molecule has 1 aliphatic heterocycles. The Morgan fingerprint density at radius 1 is 1.24 bits per heavy atom. The van der Waals surface area contributed by atoms with Crippen LogP contribution in [-0.4, -0.2) is 66.1 Å². The van der Waals surface area contributed by atoms with Crippen LogP contribution < -0.4 is 9.80 Å². The van der Waals surface area contributed by atoms with Crippen LogP contribution in [0.2, 0.25) is 0 Å². The Kier molecular flexibility index (Phi) is 9.74. The lowest BCUT2D eigenvalue weighted by Crippen LogP contribution is -2.46. The molecular formula is C27H44FN3O3. The van der Waals surface area contributed by atoms with Crippen molar-refractivity contribution in [3.05, 3.63) is 24.0 Å². The number of aliphatic hydroxyl groups excluding tert-OH is 2. The first-order valence-corrected chi connectivity index (χ1v) is 13.2. The van der Waals surface area contributed by atoms with Gasteiger partial charge in [0, 0.05) is 44.3 Å². The van der Waals surface area contributed by atoms with Gasteiger partial charge in [-0.2, -0.15) is 0 Å². The molecule has 0 radical (unpaired) electrons. The van der Waals surface area contributed by atoms with Crippen molar-refractivity contribution in [1.82, 2.24) is 4.90 Å². The molecule has 1 amide bonds. The van der Waals surface area contributed by atoms with E-state index in [1.807, 2.05) is 26.0 Å². The number of amides is 1. The zero-order valence-corrected chi connectivity index (χ0v) is 21.3. The fourth-order valence-electron chi connectivity index (χ4n) is 5.70. The minimum Gasteiger partial charge on any atom is -0.393 e. The molecule has 0 unspecified atom stereocenters. The maximum atomic E-state index is 15.2. The van der Waals surface area contributed by atoms with Gasteiger partial charge in [-0.1, -0.05) is 13.8 Å². The second-order valence-corrected chi connectivity index (χ2v) is 10.5. The molecule has 1 atom stereocenters. The molecule has 192 valence electrons. The van der Waals surface area contributed by atoms with E-state index in [9.17, 15) is 15.0 Å². The highest BCUT2D eigenvalue weighted by atomic mass is 19.1. The molecule has 0 spiro atoms. The topological polar surface area (TPSA) is 67.3 Å². The number of nitrogens with zero attached hydrogens (tertiary/aromatic N) is 3. The van der Waals surface area contributed by atoms with Crippen LogP contribution in [0, 0.1) is 11.2 Å². The summed E-state index contributed by atoms with van der Waals surface area (Å²) in [6, 6.07) is 5.53. The standard InChI is InChI=1S/C27H44FN3O3/c1-4-7-26(34)31(5-2)22-10-13-25(24(28)18-22)29-16-6-14-27(3,19-29)15-17-30(20-32)21-8-11-23(33)12-9-21/h10,13,18,21,23,32-33H,4-9,11-12,14-17,19-20H2,1-3H3/t21?,23?,27-/m0/s1. The highest BCUT2D eigenvalue weighted by Gasteiger charge is 2.34. The molecule has 2 fully saturated rings. The molecule has 1 saturated carbocycles. The van der Waals surface area contributed by atoms with Crippen LogP contribution in [0.5, 0.6) is 0 Å². The van der Waals surface area contributed by atoms with E-state index in [-0.39, 0.29) is 30.0 Å². The Bertz CT molecular complexity index is 799. The van der Waals surface area contributed by atoms with Gasteiger partial charge in [0.25, 0.3) is 0 Å². The second kappa shape index (κ2) is 12.3. The number of hydrogen-bond donors (Lipinski definition) is 2. The number of rotatable bonds is 10. The molecule has 1 aromatic rings. The summed E-state index contributed by atoms with van der Waals surface area (Å²) >= 11 is 0. The number of carbonyl (C=O) groups excluding carboxylic acids is 1. The van der Waals surface area contributed by atoms with Crippen LogP contribution in [0.4, 0.5) is 15.8 Å². The lowest BCUT2D eigenvalue weighted by Gasteiger charge is -2.43. The third kappa shape index (κ3) is 6.70. The molecule has 3 rings (SSSR count). The van der Waals surface area contributed by atoms with Crippen molar-refractivity contribution >= 4 is 17.3 Å². The SMILES string of the molecule is CCCC(=O)N(CC)c1ccc(N2CCC[C@@](C)(CCN(CO)C3CCC(O)CC3)C2)c(F)c1. The van der Waals surface area contributed by atoms with Gasteiger partial charge in [0.05, 0.1) is 18.5 Å². The highest BCUT2D eigenvalue weighted by molar-refractivity contribution is 5.93. The summed E-state index contributed by atoms with van der Waals surface area (Å²) < 4.78 is 15.2. The molecular weight excluding hydrogens is 433 g/mol. The molecule has 1 heterocycles. The first kappa shape index (κ1) is 26.9. The number of halogens is 1. The lowest BCUT2D eigenvalue weighted by atomic mass is 9.78. The Morgan fingerprint density at radius 3 is 2.59 bits per heavy atom. The van der Waals surface area contributed by atoms with Crippen molar-refractivity contribution in [1.29, 1.82) is 0 Å². The molecule has 2 N–H and O–H groups in total. The third-order valence-corrected chi connectivity index (χ3v) is 7.81. The smallest absolute Gasteiger partial charge is 0.226 e. The van der Waals surface area contributed by atoms with Gasteiger partial charge >= 0.3 is 0 Å². The normalized spacial score (nSPS) is 25.6. The lowest BCUT2D eigenvalue weighted by molar-refractivity contribution is -0.118. The van der Waals surface area contributed by atoms with Crippen molar-refractivity contribution in [2.75, 3.05) is 42.7 Å². The minimum absolute atomic E-state index is 0.0311. The number of piperidine rings is 1. The highest BCUT2D eigenvalue weighted by Crippen LogP contribution is 2.37. The summed E-state index contributed by atoms with van der Waals surface area (Å²) in [5.41, 5.74) is 1.27. The van der Waals surface area contributed by atoms with E-state index in [2.05, 4.69) is 16.7 Å². The predicted molar refractivity (Wildman–Crippen MR) is 136 cm³/mol. The molecule has 34 heavy (non-hydrogen) atoms. The number of carbonyl (C=O) groups is 1. The minimum atomic E-state index is -0.276. The van der Waals surface area contributed by atoms with Crippen molar-refractivity contribution in [3.63, 3.8) is 0 Å². The summed E-state index contributed by atoms with van der Waals surface area (Å²) in [6.07, 6.45) is 7.54. The molecule has 7 heteroatoms. The van der Waals surface area contributed by atoms with Gasteiger partial charge in [-0.25, -0.2) is 4.39 Å². The van der Waals surface area contributed by atoms with E-state index in [0.29, 0.717) is 30.4 Å². The van der Waals surface area contributed by atoms with Gasteiger partial charge < -0.3 is 20.0 Å². The Balaban J connectivity index is 1.64. The Labute approximate surface area is 204 Å². The van der Waals surface area contributed by atoms with E-state index >= 15 is 4.39 Å². The Morgan fingerprint density at radius 2 is 1.97 bits per heavy atom. The fraction of sp³-hybridized carbons (Fsp3) is 0.741. The van der Waals surface area contributed by atoms with E-state index in [1.54, 1.807) is 4.90 Å². The fourth-order valence-corrected chi connectivity index (χ4v) is 5.70. The summed E-state index contributed by atoms with van der Waals surface area (Å²) in [4.78, 5) is 18.4. The van der Waals surface area contributed by atoms with Crippen molar-refractivity contribution in [2.24, 2.45) is 5.41 Å². The van der Waals surface area contributed by atoms with E-state index in [1.165, 1.54) is 6.07 Å². The average molecular weight is 478 g/mol. The van der Waals surface area contributed by atoms with Crippen molar-refractivity contribution in [2.45, 2.75) is 90.7 Å². The van der Waals surface area contributed by atoms with E-state index in [0.717, 1.165) is 71.0 Å². The molecule has 0 bridgehead atoms. The van der Waals surface area contributed by atoms with Crippen LogP contribution in [0.25, 0.3) is 0 Å². The zero-order valence-electron chi connectivity index (χ0n) is 21.3. The quantitative estimate of drug-likeness (QED) is 0.485. The molecule has 1 aromatic carbocycles. The first-order valence-electron chi connectivity index (χ1n) is 13.2. The van der Waals surface area contributed by atoms with Crippen LogP contribution in [0.3, 0.4) is 0 Å². The van der Waals surface area contributed by atoms with E-state index < -0.39 is 0 Å². The second-order valence-electron chi connectivity index (χ2n) is 10.5. The largest absolute Gasteiger partial charge is 0.393 e. The molecule has 0 aromatic heterocycles. The zero-order chi connectivity index (χ0) is 24.7. The number of aliphatic hydroxyl groups is 2. The van der Waals surface area contributed by atoms with Crippen LogP contribution in [0.1, 0.15) is 78.6 Å². The van der Waals surface area contributed by atoms with Crippen LogP contribution in [0.15, 0.2) is 18.2 Å². The summed E-state index contributed by atoms with van der Waals surface area (Å²) in [7, 11) is 0. The monoisotopic (exact) mass is 477 g/mol. The van der Waals surface area contributed by atoms with Gasteiger partial charge in [-0.05, 0) is 81.9 Å². The van der Waals surface area contributed by atoms with Crippen LogP contribution >= 0.6 is 0 Å². The van der Waals surface area contributed by atoms with Gasteiger partial charge in [-0.15, -0.1) is 0 Å². The van der Waals surface area contributed by atoms with Crippen molar-refractivity contribution in [3.8, 4) is 0 Å². The van der Waals surface area contributed by atoms with E-state index in [4.69, 9.17) is 0 Å². The number of benzene rings is 1. The van der Waals surface area contributed by atoms with Gasteiger partial charge in [0.1, 0.15) is 5.82 Å². The predicted octanol–water partition coefficient (Wildman–Crippen LogP) is 4.53. The molecule has 6 nitrogen and oxygen atoms in total. The first-order chi connectivity index (χ1) is 16.3. The van der Waals surface area contributed by atoms with Crippen LogP contribution in [-0.2, 0) is 4.79 Å². The van der Waals surface area contributed by atoms with Crippen molar-refractivity contribution < 1.29 is 19.4 Å².